The molecule has 1 aromatic heterocycles. The van der Waals surface area contributed by atoms with Crippen molar-refractivity contribution in [3.63, 3.8) is 0 Å². The molecule has 1 aliphatic heterocycles. The van der Waals surface area contributed by atoms with E-state index in [-0.39, 0.29) is 58.2 Å². The Hall–Kier alpha value is -3.99. The third-order valence-corrected chi connectivity index (χ3v) is 10.9. The average molecular weight is 676 g/mol. The molecular formula is C37H49N5O5S. The molecule has 0 spiro atoms. The van der Waals surface area contributed by atoms with Gasteiger partial charge in [-0.15, -0.1) is 0 Å². The maximum atomic E-state index is 14.4. The lowest BCUT2D eigenvalue weighted by molar-refractivity contribution is -0.134. The van der Waals surface area contributed by atoms with Crippen LogP contribution in [0.15, 0.2) is 53.4 Å². The first-order valence-electron chi connectivity index (χ1n) is 16.7. The maximum absolute atomic E-state index is 14.4. The summed E-state index contributed by atoms with van der Waals surface area (Å²) in [5.74, 6) is -0.586. The number of carbonyl (C=O) groups excluding carboxylic acids is 2. The molecule has 0 saturated heterocycles. The Kier molecular flexibility index (Phi) is 9.93. The lowest BCUT2D eigenvalue weighted by atomic mass is 9.75. The predicted molar refractivity (Wildman–Crippen MR) is 187 cm³/mol. The average Bonchev–Trinajstić information content (AvgIpc) is 3.00. The van der Waals surface area contributed by atoms with Gasteiger partial charge in [-0.25, -0.2) is 18.1 Å². The highest BCUT2D eigenvalue weighted by molar-refractivity contribution is 7.92. The Morgan fingerprint density at radius 3 is 2.33 bits per heavy atom. The third kappa shape index (κ3) is 8.17. The Morgan fingerprint density at radius 2 is 1.69 bits per heavy atom. The number of anilines is 1. The van der Waals surface area contributed by atoms with Gasteiger partial charge in [-0.3, -0.25) is 9.59 Å². The number of sulfonamides is 1. The van der Waals surface area contributed by atoms with Gasteiger partial charge in [0, 0.05) is 30.3 Å². The Balaban J connectivity index is 1.59. The van der Waals surface area contributed by atoms with Crippen LogP contribution in [-0.2, 0) is 14.8 Å². The summed E-state index contributed by atoms with van der Waals surface area (Å²) in [6, 6.07) is 13.0. The molecule has 1 fully saturated rings. The molecule has 5 rings (SSSR count). The fraction of sp³-hybridized carbons (Fsp3) is 0.514. The van der Waals surface area contributed by atoms with E-state index in [0.29, 0.717) is 12.1 Å². The summed E-state index contributed by atoms with van der Waals surface area (Å²) in [5, 5.41) is 0. The zero-order chi connectivity index (χ0) is 35.0. The van der Waals surface area contributed by atoms with Crippen LogP contribution in [-0.4, -0.2) is 72.3 Å². The normalized spacial score (nSPS) is 19.6. The van der Waals surface area contributed by atoms with Crippen molar-refractivity contribution in [2.24, 2.45) is 10.8 Å². The molecule has 2 aromatic carbocycles. The second-order valence-corrected chi connectivity index (χ2v) is 17.1. The summed E-state index contributed by atoms with van der Waals surface area (Å²) < 4.78 is 36.2. The Labute approximate surface area is 285 Å². The summed E-state index contributed by atoms with van der Waals surface area (Å²) in [6.07, 6.45) is 4.38. The smallest absolute Gasteiger partial charge is 0.264 e. The molecule has 48 heavy (non-hydrogen) atoms. The van der Waals surface area contributed by atoms with Crippen LogP contribution in [0.4, 0.5) is 5.95 Å². The van der Waals surface area contributed by atoms with E-state index in [1.165, 1.54) is 18.2 Å². The van der Waals surface area contributed by atoms with Crippen molar-refractivity contribution in [3.05, 3.63) is 65.2 Å². The van der Waals surface area contributed by atoms with Gasteiger partial charge in [0.1, 0.15) is 13.2 Å². The summed E-state index contributed by atoms with van der Waals surface area (Å²) in [6.45, 7) is 14.5. The number of nitrogens with one attached hydrogen (secondary N) is 1. The molecule has 258 valence electrons. The van der Waals surface area contributed by atoms with Crippen molar-refractivity contribution in [3.8, 4) is 17.1 Å². The summed E-state index contributed by atoms with van der Waals surface area (Å²) in [5.41, 5.74) is 3.45. The summed E-state index contributed by atoms with van der Waals surface area (Å²) in [7, 11) is -2.38. The van der Waals surface area contributed by atoms with Gasteiger partial charge < -0.3 is 14.5 Å². The second kappa shape index (κ2) is 13.5. The number of benzene rings is 2. The molecular weight excluding hydrogens is 627 g/mol. The number of nitrogens with zero attached hydrogens (tertiary/aromatic N) is 4. The monoisotopic (exact) mass is 675 g/mol. The topological polar surface area (TPSA) is 122 Å². The van der Waals surface area contributed by atoms with Crippen LogP contribution in [0, 0.1) is 24.7 Å². The predicted octanol–water partition coefficient (Wildman–Crippen LogP) is 6.63. The standard InChI is InChI=1S/C37H49N5O5S/c1-24-11-9-12-25(2)33(24)30-20-31-39-35(38-30)40-48(45,46)29-14-10-13-26(19-29)34(44)42(28(23-47-31)21-36(3,4)5)22-32(43)41(8)27-15-17-37(6,7)18-16-27/h9-14,19-20,27-28H,15-18,21-23H2,1-8H3,(H,38,39,40)/t28-/m1/s1. The highest BCUT2D eigenvalue weighted by Crippen LogP contribution is 2.37. The first-order valence-corrected chi connectivity index (χ1v) is 18.2. The third-order valence-electron chi connectivity index (χ3n) is 9.59. The lowest BCUT2D eigenvalue weighted by Crippen LogP contribution is -2.52. The molecule has 10 nitrogen and oxygen atoms in total. The molecule has 3 aromatic rings. The van der Waals surface area contributed by atoms with Crippen molar-refractivity contribution >= 4 is 27.8 Å². The van der Waals surface area contributed by atoms with Crippen LogP contribution in [0.1, 0.15) is 88.2 Å². The molecule has 4 bridgehead atoms. The Morgan fingerprint density at radius 1 is 1.04 bits per heavy atom. The van der Waals surface area contributed by atoms with Gasteiger partial charge in [-0.2, -0.15) is 4.98 Å². The number of ether oxygens (including phenoxy) is 1. The summed E-state index contributed by atoms with van der Waals surface area (Å²) >= 11 is 0. The van der Waals surface area contributed by atoms with Gasteiger partial charge in [0.25, 0.3) is 15.9 Å². The number of carbonyl (C=O) groups is 2. The highest BCUT2D eigenvalue weighted by atomic mass is 32.2. The quantitative estimate of drug-likeness (QED) is 0.322. The van der Waals surface area contributed by atoms with Crippen LogP contribution in [0.3, 0.4) is 0 Å². The second-order valence-electron chi connectivity index (χ2n) is 15.4. The van der Waals surface area contributed by atoms with Crippen LogP contribution in [0.2, 0.25) is 0 Å². The van der Waals surface area contributed by atoms with Crippen molar-refractivity contribution in [2.45, 2.75) is 97.5 Å². The summed E-state index contributed by atoms with van der Waals surface area (Å²) in [4.78, 5) is 40.6. The van der Waals surface area contributed by atoms with Gasteiger partial charge >= 0.3 is 0 Å². The fourth-order valence-electron chi connectivity index (χ4n) is 6.78. The van der Waals surface area contributed by atoms with Gasteiger partial charge in [-0.05, 0) is 86.1 Å². The Bertz CT molecular complexity index is 1770. The van der Waals surface area contributed by atoms with E-state index in [2.05, 4.69) is 49.3 Å². The number of amides is 2. The van der Waals surface area contributed by atoms with E-state index < -0.39 is 22.0 Å². The number of rotatable bonds is 5. The number of aryl methyl sites for hydroxylation is 2. The number of hydrogen-bond acceptors (Lipinski definition) is 7. The number of likely N-dealkylation sites (N-methyl/N-ethyl adjacent to an activating group) is 1. The van der Waals surface area contributed by atoms with Crippen LogP contribution in [0.5, 0.6) is 5.88 Å². The minimum absolute atomic E-state index is 0.0344. The first-order chi connectivity index (χ1) is 22.4. The molecule has 2 heterocycles. The molecule has 0 unspecified atom stereocenters. The molecule has 1 atom stereocenters. The van der Waals surface area contributed by atoms with E-state index in [4.69, 9.17) is 4.74 Å². The van der Waals surface area contributed by atoms with E-state index in [1.54, 1.807) is 21.9 Å². The van der Waals surface area contributed by atoms with E-state index in [0.717, 1.165) is 42.4 Å². The molecule has 0 radical (unpaired) electrons. The van der Waals surface area contributed by atoms with E-state index in [9.17, 15) is 18.0 Å². The van der Waals surface area contributed by atoms with Gasteiger partial charge in [0.15, 0.2) is 0 Å². The van der Waals surface area contributed by atoms with Crippen molar-refractivity contribution in [1.29, 1.82) is 0 Å². The SMILES string of the molecule is Cc1cccc(C)c1-c1cc2nc(n1)NS(=O)(=O)c1cccc(c1)C(=O)N(CC(=O)N(C)C1CCC(C)(C)CC1)[C@H](CC(C)(C)C)CO2. The van der Waals surface area contributed by atoms with Crippen LogP contribution < -0.4 is 9.46 Å². The largest absolute Gasteiger partial charge is 0.475 e. The zero-order valence-electron chi connectivity index (χ0n) is 29.5. The van der Waals surface area contributed by atoms with Gasteiger partial charge in [0.05, 0.1) is 16.6 Å². The van der Waals surface area contributed by atoms with E-state index in [1.807, 2.05) is 39.1 Å². The molecule has 2 aliphatic rings. The molecule has 1 saturated carbocycles. The molecule has 11 heteroatoms. The fourth-order valence-corrected chi connectivity index (χ4v) is 7.77. The maximum Gasteiger partial charge on any atom is 0.264 e. The lowest BCUT2D eigenvalue weighted by Gasteiger charge is -2.40. The zero-order valence-corrected chi connectivity index (χ0v) is 30.3. The van der Waals surface area contributed by atoms with Gasteiger partial charge in [-0.1, -0.05) is 58.9 Å². The highest BCUT2D eigenvalue weighted by Gasteiger charge is 2.35. The molecule has 1 N–H and O–H groups in total. The van der Waals surface area contributed by atoms with Crippen molar-refractivity contribution in [1.82, 2.24) is 19.8 Å². The minimum Gasteiger partial charge on any atom is -0.475 e. The minimum atomic E-state index is -4.20. The van der Waals surface area contributed by atoms with Crippen molar-refractivity contribution < 1.29 is 22.7 Å². The first kappa shape index (κ1) is 35.3. The van der Waals surface area contributed by atoms with Crippen LogP contribution >= 0.6 is 0 Å². The van der Waals surface area contributed by atoms with Crippen LogP contribution in [0.25, 0.3) is 11.3 Å². The number of hydrogen-bond donors (Lipinski definition) is 1. The van der Waals surface area contributed by atoms with E-state index >= 15 is 0 Å². The number of aromatic nitrogens is 2. The number of fused-ring (bicyclic) bond motifs is 4. The molecule has 1 aliphatic carbocycles. The van der Waals surface area contributed by atoms with Gasteiger partial charge in [0.2, 0.25) is 17.7 Å². The molecule has 2 amide bonds. The van der Waals surface area contributed by atoms with Crippen molar-refractivity contribution in [2.75, 3.05) is 24.9 Å².